The van der Waals surface area contributed by atoms with Gasteiger partial charge in [-0.15, -0.1) is 0 Å². The molecule has 3 rings (SSSR count). The minimum Gasteiger partial charge on any atom is -0.274 e. The Morgan fingerprint density at radius 3 is 2.11 bits per heavy atom. The molecule has 0 N–H and O–H groups in total. The first kappa shape index (κ1) is 11.2. The SMILES string of the molecule is Cc1ccccc1N1C(=O)[C@@H]2CC=CC[C@H]2C1=O. The Labute approximate surface area is 106 Å². The molecule has 1 aromatic carbocycles. The number of hydrogen-bond donors (Lipinski definition) is 0. The third-order valence-corrected chi connectivity index (χ3v) is 3.86. The van der Waals surface area contributed by atoms with Crippen LogP contribution in [0.4, 0.5) is 5.69 Å². The molecule has 1 aromatic rings. The number of nitrogens with zero attached hydrogens (tertiary/aromatic N) is 1. The van der Waals surface area contributed by atoms with Crippen LogP contribution < -0.4 is 4.90 Å². The number of para-hydroxylation sites is 1. The van der Waals surface area contributed by atoms with E-state index in [-0.39, 0.29) is 23.7 Å². The number of aryl methyl sites for hydroxylation is 1. The minimum atomic E-state index is -0.151. The first-order valence-electron chi connectivity index (χ1n) is 6.28. The van der Waals surface area contributed by atoms with Crippen LogP contribution in [0, 0.1) is 18.8 Å². The lowest BCUT2D eigenvalue weighted by Gasteiger charge is -2.16. The molecule has 3 heteroatoms. The summed E-state index contributed by atoms with van der Waals surface area (Å²) in [7, 11) is 0. The molecule has 2 aliphatic rings. The van der Waals surface area contributed by atoms with Crippen molar-refractivity contribution in [2.75, 3.05) is 4.90 Å². The number of hydrogen-bond acceptors (Lipinski definition) is 2. The average molecular weight is 241 g/mol. The number of fused-ring (bicyclic) bond motifs is 1. The standard InChI is InChI=1S/C15H15NO2/c1-10-6-2-5-9-13(10)16-14(17)11-7-3-4-8-12(11)15(16)18/h2-6,9,11-12H,7-8H2,1H3/t11-,12-/m1/s1. The van der Waals surface area contributed by atoms with Gasteiger partial charge in [-0.05, 0) is 31.4 Å². The van der Waals surface area contributed by atoms with Crippen molar-refractivity contribution in [2.24, 2.45) is 11.8 Å². The predicted octanol–water partition coefficient (Wildman–Crippen LogP) is 2.45. The van der Waals surface area contributed by atoms with Crippen LogP contribution in [0.2, 0.25) is 0 Å². The fourth-order valence-corrected chi connectivity index (χ4v) is 2.85. The summed E-state index contributed by atoms with van der Waals surface area (Å²) in [4.78, 5) is 26.1. The summed E-state index contributed by atoms with van der Waals surface area (Å²) in [5.41, 5.74) is 1.70. The fourth-order valence-electron chi connectivity index (χ4n) is 2.85. The van der Waals surface area contributed by atoms with Gasteiger partial charge in [-0.3, -0.25) is 9.59 Å². The minimum absolute atomic E-state index is 0.0383. The van der Waals surface area contributed by atoms with Crippen molar-refractivity contribution in [3.05, 3.63) is 42.0 Å². The molecule has 0 saturated carbocycles. The van der Waals surface area contributed by atoms with Gasteiger partial charge in [0.1, 0.15) is 0 Å². The van der Waals surface area contributed by atoms with Crippen LogP contribution >= 0.6 is 0 Å². The highest BCUT2D eigenvalue weighted by molar-refractivity contribution is 6.22. The Morgan fingerprint density at radius 2 is 1.56 bits per heavy atom. The molecule has 2 atom stereocenters. The smallest absolute Gasteiger partial charge is 0.238 e. The van der Waals surface area contributed by atoms with E-state index >= 15 is 0 Å². The zero-order chi connectivity index (χ0) is 12.7. The average Bonchev–Trinajstić information content (AvgIpc) is 2.64. The molecule has 0 bridgehead atoms. The molecule has 0 aromatic heterocycles. The second-order valence-electron chi connectivity index (χ2n) is 4.95. The van der Waals surface area contributed by atoms with Crippen LogP contribution in [-0.4, -0.2) is 11.8 Å². The first-order valence-corrected chi connectivity index (χ1v) is 6.28. The molecule has 3 nitrogen and oxygen atoms in total. The quantitative estimate of drug-likeness (QED) is 0.559. The van der Waals surface area contributed by atoms with Gasteiger partial charge < -0.3 is 0 Å². The summed E-state index contributed by atoms with van der Waals surface area (Å²) in [5, 5.41) is 0. The van der Waals surface area contributed by atoms with Gasteiger partial charge in [-0.25, -0.2) is 4.90 Å². The largest absolute Gasteiger partial charge is 0.274 e. The van der Waals surface area contributed by atoms with Gasteiger partial charge in [0.05, 0.1) is 17.5 Å². The molecule has 92 valence electrons. The van der Waals surface area contributed by atoms with E-state index in [0.29, 0.717) is 12.8 Å². The number of allylic oxidation sites excluding steroid dienone is 2. The predicted molar refractivity (Wildman–Crippen MR) is 69.0 cm³/mol. The van der Waals surface area contributed by atoms with Crippen LogP contribution in [0.15, 0.2) is 36.4 Å². The number of rotatable bonds is 1. The maximum absolute atomic E-state index is 12.4. The van der Waals surface area contributed by atoms with Crippen molar-refractivity contribution in [3.8, 4) is 0 Å². The molecule has 18 heavy (non-hydrogen) atoms. The number of carbonyl (C=O) groups excluding carboxylic acids is 2. The van der Waals surface area contributed by atoms with E-state index in [1.54, 1.807) is 0 Å². The normalized spacial score (nSPS) is 26.6. The number of carbonyl (C=O) groups is 2. The van der Waals surface area contributed by atoms with Gasteiger partial charge in [-0.1, -0.05) is 30.4 Å². The van der Waals surface area contributed by atoms with Crippen molar-refractivity contribution < 1.29 is 9.59 Å². The molecule has 1 aliphatic carbocycles. The third-order valence-electron chi connectivity index (χ3n) is 3.86. The summed E-state index contributed by atoms with van der Waals surface area (Å²) in [5.74, 6) is -0.378. The highest BCUT2D eigenvalue weighted by Crippen LogP contribution is 2.38. The molecule has 1 saturated heterocycles. The van der Waals surface area contributed by atoms with E-state index in [1.807, 2.05) is 43.3 Å². The number of anilines is 1. The Kier molecular flexibility index (Phi) is 2.54. The maximum Gasteiger partial charge on any atom is 0.238 e. The van der Waals surface area contributed by atoms with Crippen LogP contribution in [0.3, 0.4) is 0 Å². The lowest BCUT2D eigenvalue weighted by atomic mass is 9.85. The molecular formula is C15H15NO2. The van der Waals surface area contributed by atoms with E-state index in [1.165, 1.54) is 4.90 Å². The third kappa shape index (κ3) is 1.50. The van der Waals surface area contributed by atoms with Gasteiger partial charge in [0.2, 0.25) is 11.8 Å². The summed E-state index contributed by atoms with van der Waals surface area (Å²) in [6.45, 7) is 1.93. The zero-order valence-corrected chi connectivity index (χ0v) is 10.3. The van der Waals surface area contributed by atoms with Crippen LogP contribution in [-0.2, 0) is 9.59 Å². The molecule has 1 aliphatic heterocycles. The number of amides is 2. The molecule has 0 radical (unpaired) electrons. The van der Waals surface area contributed by atoms with E-state index in [2.05, 4.69) is 0 Å². The molecule has 1 fully saturated rings. The Morgan fingerprint density at radius 1 is 1.00 bits per heavy atom. The Balaban J connectivity index is 2.02. The van der Waals surface area contributed by atoms with E-state index in [0.717, 1.165) is 11.3 Å². The number of imide groups is 1. The lowest BCUT2D eigenvalue weighted by molar-refractivity contribution is -0.122. The van der Waals surface area contributed by atoms with Gasteiger partial charge >= 0.3 is 0 Å². The zero-order valence-electron chi connectivity index (χ0n) is 10.3. The van der Waals surface area contributed by atoms with Crippen LogP contribution in [0.25, 0.3) is 0 Å². The van der Waals surface area contributed by atoms with Gasteiger partial charge in [0.25, 0.3) is 0 Å². The molecule has 0 unspecified atom stereocenters. The second kappa shape index (κ2) is 4.09. The monoisotopic (exact) mass is 241 g/mol. The van der Waals surface area contributed by atoms with Crippen molar-refractivity contribution >= 4 is 17.5 Å². The molecule has 1 heterocycles. The highest BCUT2D eigenvalue weighted by atomic mass is 16.2. The Bertz CT molecular complexity index is 521. The van der Waals surface area contributed by atoms with Crippen molar-refractivity contribution in [3.63, 3.8) is 0 Å². The van der Waals surface area contributed by atoms with Crippen LogP contribution in [0.1, 0.15) is 18.4 Å². The first-order chi connectivity index (χ1) is 8.70. The summed E-state index contributed by atoms with van der Waals surface area (Å²) < 4.78 is 0. The lowest BCUT2D eigenvalue weighted by Crippen LogP contribution is -2.31. The van der Waals surface area contributed by atoms with Crippen LogP contribution in [0.5, 0.6) is 0 Å². The van der Waals surface area contributed by atoms with Crippen molar-refractivity contribution in [1.29, 1.82) is 0 Å². The molecular weight excluding hydrogens is 226 g/mol. The van der Waals surface area contributed by atoms with Gasteiger partial charge in [0.15, 0.2) is 0 Å². The fraction of sp³-hybridized carbons (Fsp3) is 0.333. The maximum atomic E-state index is 12.4. The molecule has 0 spiro atoms. The van der Waals surface area contributed by atoms with E-state index < -0.39 is 0 Å². The van der Waals surface area contributed by atoms with Gasteiger partial charge in [-0.2, -0.15) is 0 Å². The topological polar surface area (TPSA) is 37.4 Å². The molecule has 2 amide bonds. The van der Waals surface area contributed by atoms with Gasteiger partial charge in [0, 0.05) is 0 Å². The van der Waals surface area contributed by atoms with Crippen molar-refractivity contribution in [2.45, 2.75) is 19.8 Å². The highest BCUT2D eigenvalue weighted by Gasteiger charge is 2.48. The summed E-state index contributed by atoms with van der Waals surface area (Å²) >= 11 is 0. The number of benzene rings is 1. The second-order valence-corrected chi connectivity index (χ2v) is 4.95. The Hall–Kier alpha value is -1.90. The van der Waals surface area contributed by atoms with E-state index in [9.17, 15) is 9.59 Å². The summed E-state index contributed by atoms with van der Waals surface area (Å²) in [6, 6.07) is 7.55. The van der Waals surface area contributed by atoms with E-state index in [4.69, 9.17) is 0 Å². The summed E-state index contributed by atoms with van der Waals surface area (Å²) in [6.07, 6.45) is 5.40. The van der Waals surface area contributed by atoms with Crippen molar-refractivity contribution in [1.82, 2.24) is 0 Å².